The summed E-state index contributed by atoms with van der Waals surface area (Å²) in [7, 11) is 1.65. The van der Waals surface area contributed by atoms with Crippen molar-refractivity contribution in [2.24, 2.45) is 0 Å². The smallest absolute Gasteiger partial charge is 0.320 e. The summed E-state index contributed by atoms with van der Waals surface area (Å²) < 4.78 is 5.28. The Bertz CT molecular complexity index is 677. The molecule has 1 N–H and O–H groups in total. The van der Waals surface area contributed by atoms with Gasteiger partial charge in [-0.05, 0) is 54.6 Å². The van der Waals surface area contributed by atoms with E-state index in [-0.39, 0.29) is 6.04 Å². The summed E-state index contributed by atoms with van der Waals surface area (Å²) in [5.74, 6) is 0.0793. The monoisotopic (exact) mass is 353 g/mol. The second-order valence-corrected chi connectivity index (χ2v) is 6.86. The van der Waals surface area contributed by atoms with Crippen LogP contribution >= 0.6 is 0 Å². The number of ether oxygens (including phenoxy) is 1. The molecule has 2 unspecified atom stereocenters. The molecule has 0 aromatic heterocycles. The van der Waals surface area contributed by atoms with Crippen molar-refractivity contribution in [2.45, 2.75) is 44.7 Å². The van der Waals surface area contributed by atoms with Crippen LogP contribution in [0.5, 0.6) is 5.75 Å². The molecule has 0 aliphatic carbocycles. The van der Waals surface area contributed by atoms with Gasteiger partial charge >= 0.3 is 5.97 Å². The molecule has 0 saturated carbocycles. The number of benzene rings is 2. The number of methoxy groups -OCH3 is 1. The van der Waals surface area contributed by atoms with Gasteiger partial charge in [-0.1, -0.05) is 49.7 Å². The first-order valence-electron chi connectivity index (χ1n) is 9.35. The van der Waals surface area contributed by atoms with Crippen molar-refractivity contribution in [1.29, 1.82) is 0 Å². The standard InChI is InChI=1S/C22H27NO3/c1-3-16-7-9-17(10-8-16)21(18-11-13-19(26-2)14-12-18)23-15-5-4-6-20(23)22(24)25/h7-14,20-21H,3-6,15H2,1-2H3,(H,24,25). The molecule has 0 radical (unpaired) electrons. The highest BCUT2D eigenvalue weighted by Crippen LogP contribution is 2.35. The Kier molecular flexibility index (Phi) is 5.94. The minimum Gasteiger partial charge on any atom is -0.497 e. The van der Waals surface area contributed by atoms with Crippen molar-refractivity contribution in [2.75, 3.05) is 13.7 Å². The van der Waals surface area contributed by atoms with Crippen molar-refractivity contribution >= 4 is 5.97 Å². The molecule has 2 aromatic carbocycles. The van der Waals surface area contributed by atoms with E-state index in [0.717, 1.165) is 42.7 Å². The van der Waals surface area contributed by atoms with E-state index >= 15 is 0 Å². The minimum absolute atomic E-state index is 0.0618. The average molecular weight is 353 g/mol. The molecule has 4 heteroatoms. The van der Waals surface area contributed by atoms with E-state index in [1.54, 1.807) is 7.11 Å². The highest BCUT2D eigenvalue weighted by molar-refractivity contribution is 5.73. The number of carboxylic acid groups (broad SMARTS) is 1. The first-order valence-corrected chi connectivity index (χ1v) is 9.35. The van der Waals surface area contributed by atoms with Crippen molar-refractivity contribution in [3.8, 4) is 5.75 Å². The maximum absolute atomic E-state index is 11.9. The van der Waals surface area contributed by atoms with E-state index < -0.39 is 12.0 Å². The topological polar surface area (TPSA) is 49.8 Å². The molecule has 2 atom stereocenters. The van der Waals surface area contributed by atoms with E-state index in [1.807, 2.05) is 24.3 Å². The Morgan fingerprint density at radius 3 is 2.27 bits per heavy atom. The van der Waals surface area contributed by atoms with Crippen LogP contribution in [0.4, 0.5) is 0 Å². The number of carbonyl (C=O) groups is 1. The molecule has 1 aliphatic rings. The molecule has 4 nitrogen and oxygen atoms in total. The molecule has 1 heterocycles. The molecule has 0 spiro atoms. The Morgan fingerprint density at radius 1 is 1.12 bits per heavy atom. The Labute approximate surface area is 155 Å². The lowest BCUT2D eigenvalue weighted by Gasteiger charge is -2.39. The molecule has 0 bridgehead atoms. The molecule has 3 rings (SSSR count). The Morgan fingerprint density at radius 2 is 1.73 bits per heavy atom. The summed E-state index contributed by atoms with van der Waals surface area (Å²) in [5, 5.41) is 9.75. The van der Waals surface area contributed by atoms with Crippen molar-refractivity contribution in [3.05, 3.63) is 65.2 Å². The van der Waals surface area contributed by atoms with Crippen molar-refractivity contribution < 1.29 is 14.6 Å². The number of likely N-dealkylation sites (tertiary alicyclic amines) is 1. The van der Waals surface area contributed by atoms with Gasteiger partial charge in [0.2, 0.25) is 0 Å². The van der Waals surface area contributed by atoms with Crippen LogP contribution in [0, 0.1) is 0 Å². The van der Waals surface area contributed by atoms with Crippen LogP contribution in [0.15, 0.2) is 48.5 Å². The number of hydrogen-bond acceptors (Lipinski definition) is 3. The van der Waals surface area contributed by atoms with Crippen LogP contribution in [-0.2, 0) is 11.2 Å². The summed E-state index contributed by atoms with van der Waals surface area (Å²) in [6.07, 6.45) is 3.70. The third kappa shape index (κ3) is 3.91. The number of nitrogens with zero attached hydrogens (tertiary/aromatic N) is 1. The summed E-state index contributed by atoms with van der Waals surface area (Å²) in [5.41, 5.74) is 3.53. The molecular weight excluding hydrogens is 326 g/mol. The zero-order chi connectivity index (χ0) is 18.5. The fraction of sp³-hybridized carbons (Fsp3) is 0.409. The van der Waals surface area contributed by atoms with E-state index in [9.17, 15) is 9.90 Å². The lowest BCUT2D eigenvalue weighted by Crippen LogP contribution is -2.46. The molecular formula is C22H27NO3. The van der Waals surface area contributed by atoms with Gasteiger partial charge in [0.05, 0.1) is 13.2 Å². The molecule has 26 heavy (non-hydrogen) atoms. The van der Waals surface area contributed by atoms with Crippen LogP contribution in [-0.4, -0.2) is 35.7 Å². The number of hydrogen-bond donors (Lipinski definition) is 1. The number of carboxylic acids is 1. The predicted octanol–water partition coefficient (Wildman–Crippen LogP) is 4.29. The first kappa shape index (κ1) is 18.5. The highest BCUT2D eigenvalue weighted by atomic mass is 16.5. The minimum atomic E-state index is -0.728. The number of aryl methyl sites for hydroxylation is 1. The van der Waals surface area contributed by atoms with Gasteiger partial charge in [0, 0.05) is 0 Å². The molecule has 1 saturated heterocycles. The fourth-order valence-electron chi connectivity index (χ4n) is 3.83. The van der Waals surface area contributed by atoms with Crippen LogP contribution in [0.1, 0.15) is 48.9 Å². The lowest BCUT2D eigenvalue weighted by molar-refractivity contribution is -0.145. The van der Waals surface area contributed by atoms with Gasteiger partial charge in [0.15, 0.2) is 0 Å². The first-order chi connectivity index (χ1) is 12.6. The lowest BCUT2D eigenvalue weighted by atomic mass is 9.91. The SMILES string of the molecule is CCc1ccc(C(c2ccc(OC)cc2)N2CCCCC2C(=O)O)cc1. The van der Waals surface area contributed by atoms with Crippen LogP contribution in [0.3, 0.4) is 0 Å². The zero-order valence-corrected chi connectivity index (χ0v) is 15.5. The van der Waals surface area contributed by atoms with Crippen LogP contribution in [0.25, 0.3) is 0 Å². The Balaban J connectivity index is 2.02. The third-order valence-electron chi connectivity index (χ3n) is 5.30. The summed E-state index contributed by atoms with van der Waals surface area (Å²) in [4.78, 5) is 14.0. The van der Waals surface area contributed by atoms with E-state index in [2.05, 4.69) is 36.1 Å². The van der Waals surface area contributed by atoms with E-state index in [4.69, 9.17) is 4.74 Å². The number of piperidine rings is 1. The maximum atomic E-state index is 11.9. The van der Waals surface area contributed by atoms with Crippen LogP contribution in [0.2, 0.25) is 0 Å². The molecule has 138 valence electrons. The van der Waals surface area contributed by atoms with Gasteiger partial charge in [-0.25, -0.2) is 0 Å². The van der Waals surface area contributed by atoms with Crippen molar-refractivity contribution in [1.82, 2.24) is 4.90 Å². The number of aliphatic carboxylic acids is 1. The van der Waals surface area contributed by atoms with Gasteiger partial charge in [-0.15, -0.1) is 0 Å². The zero-order valence-electron chi connectivity index (χ0n) is 15.5. The summed E-state index contributed by atoms with van der Waals surface area (Å²) in [6.45, 7) is 2.93. The largest absolute Gasteiger partial charge is 0.497 e. The molecule has 1 aliphatic heterocycles. The molecule has 0 amide bonds. The number of rotatable bonds is 6. The summed E-state index contributed by atoms with van der Waals surface area (Å²) >= 11 is 0. The molecule has 1 fully saturated rings. The Hall–Kier alpha value is -2.33. The van der Waals surface area contributed by atoms with Gasteiger partial charge in [0.1, 0.15) is 11.8 Å². The fourth-order valence-corrected chi connectivity index (χ4v) is 3.83. The average Bonchev–Trinajstić information content (AvgIpc) is 2.69. The van der Waals surface area contributed by atoms with Crippen molar-refractivity contribution in [3.63, 3.8) is 0 Å². The third-order valence-corrected chi connectivity index (χ3v) is 5.30. The second kappa shape index (κ2) is 8.37. The van der Waals surface area contributed by atoms with Gasteiger partial charge < -0.3 is 9.84 Å². The van der Waals surface area contributed by atoms with E-state index in [1.165, 1.54) is 5.56 Å². The van der Waals surface area contributed by atoms with Gasteiger partial charge in [-0.2, -0.15) is 0 Å². The van der Waals surface area contributed by atoms with Gasteiger partial charge in [-0.3, -0.25) is 9.69 Å². The van der Waals surface area contributed by atoms with E-state index in [0.29, 0.717) is 6.42 Å². The summed E-state index contributed by atoms with van der Waals surface area (Å²) in [6, 6.07) is 16.1. The maximum Gasteiger partial charge on any atom is 0.320 e. The quantitative estimate of drug-likeness (QED) is 0.842. The molecule has 2 aromatic rings. The van der Waals surface area contributed by atoms with Crippen LogP contribution < -0.4 is 4.74 Å². The second-order valence-electron chi connectivity index (χ2n) is 6.86. The normalized spacial score (nSPS) is 19.1. The highest BCUT2D eigenvalue weighted by Gasteiger charge is 2.35. The van der Waals surface area contributed by atoms with Gasteiger partial charge in [0.25, 0.3) is 0 Å². The predicted molar refractivity (Wildman–Crippen MR) is 103 cm³/mol.